The fourth-order valence-corrected chi connectivity index (χ4v) is 3.04. The Bertz CT molecular complexity index is 851. The molecule has 0 bridgehead atoms. The van der Waals surface area contributed by atoms with Gasteiger partial charge >= 0.3 is 11.9 Å². The maximum atomic E-state index is 12.9. The van der Waals surface area contributed by atoms with Crippen molar-refractivity contribution in [2.75, 3.05) is 13.1 Å². The molecular formula is C16H17F3N4O3. The van der Waals surface area contributed by atoms with Crippen LogP contribution < -0.4 is 5.69 Å². The molecule has 10 heteroatoms. The number of nitrogens with zero attached hydrogens (tertiary/aromatic N) is 2. The molecule has 1 amide bonds. The van der Waals surface area contributed by atoms with Gasteiger partial charge in [0, 0.05) is 13.1 Å². The Morgan fingerprint density at radius 3 is 2.58 bits per heavy atom. The Kier molecular flexibility index (Phi) is 4.61. The molecule has 3 N–H and O–H groups in total. The van der Waals surface area contributed by atoms with Crippen molar-refractivity contribution in [2.24, 2.45) is 0 Å². The average molecular weight is 370 g/mol. The van der Waals surface area contributed by atoms with E-state index in [1.54, 1.807) is 0 Å². The number of carbonyl (C=O) groups excluding carboxylic acids is 1. The van der Waals surface area contributed by atoms with Gasteiger partial charge in [0.15, 0.2) is 0 Å². The summed E-state index contributed by atoms with van der Waals surface area (Å²) < 4.78 is 38.6. The van der Waals surface area contributed by atoms with Gasteiger partial charge in [-0.3, -0.25) is 9.78 Å². The highest BCUT2D eigenvalue weighted by molar-refractivity contribution is 5.78. The van der Waals surface area contributed by atoms with Crippen molar-refractivity contribution in [1.82, 2.24) is 20.1 Å². The third kappa shape index (κ3) is 3.79. The van der Waals surface area contributed by atoms with E-state index in [2.05, 4.69) is 15.2 Å². The summed E-state index contributed by atoms with van der Waals surface area (Å²) in [6, 6.07) is 4.63. The van der Waals surface area contributed by atoms with Gasteiger partial charge in [-0.05, 0) is 30.5 Å². The van der Waals surface area contributed by atoms with Crippen molar-refractivity contribution >= 4 is 5.91 Å². The first-order valence-electron chi connectivity index (χ1n) is 7.99. The molecule has 0 saturated carbocycles. The van der Waals surface area contributed by atoms with E-state index in [4.69, 9.17) is 0 Å². The predicted molar refractivity (Wildman–Crippen MR) is 84.1 cm³/mol. The minimum absolute atomic E-state index is 0.0965. The molecule has 1 aliphatic rings. The zero-order valence-corrected chi connectivity index (χ0v) is 13.6. The number of aromatic nitrogens is 3. The number of nitrogens with one attached hydrogen (secondary N) is 2. The molecule has 0 unspecified atom stereocenters. The van der Waals surface area contributed by atoms with Crippen LogP contribution in [-0.2, 0) is 23.0 Å². The van der Waals surface area contributed by atoms with Gasteiger partial charge in [0.1, 0.15) is 5.82 Å². The third-order valence-electron chi connectivity index (χ3n) is 4.54. The summed E-state index contributed by atoms with van der Waals surface area (Å²) in [5.74, 6) is -0.0717. The minimum atomic E-state index is -4.48. The average Bonchev–Trinajstić information content (AvgIpc) is 2.99. The Morgan fingerprint density at radius 2 is 2.00 bits per heavy atom. The molecule has 140 valence electrons. The molecule has 1 fully saturated rings. The number of carbonyl (C=O) groups is 1. The van der Waals surface area contributed by atoms with Crippen molar-refractivity contribution in [3.63, 3.8) is 0 Å². The quantitative estimate of drug-likeness (QED) is 0.755. The van der Waals surface area contributed by atoms with E-state index >= 15 is 0 Å². The second kappa shape index (κ2) is 6.60. The highest BCUT2D eigenvalue weighted by atomic mass is 19.4. The van der Waals surface area contributed by atoms with Crippen LogP contribution in [0.1, 0.15) is 29.8 Å². The summed E-state index contributed by atoms with van der Waals surface area (Å²) in [5.41, 5.74) is -2.55. The maximum absolute atomic E-state index is 12.9. The van der Waals surface area contributed by atoms with Crippen molar-refractivity contribution < 1.29 is 23.1 Å². The molecule has 1 aliphatic heterocycles. The number of aliphatic hydroxyl groups is 1. The molecule has 2 aromatic rings. The molecule has 0 spiro atoms. The number of H-pyrrole nitrogens is 2. The standard InChI is InChI=1S/C16H17F3N4O3/c17-16(18,19)11-3-1-2-10(8-11)15(26)4-6-23(7-5-15)13(24)9-12-20-14(25)22-21-12/h1-3,8,26H,4-7,9H2,(H2,20,21,22,25). The van der Waals surface area contributed by atoms with Gasteiger partial charge in [0.25, 0.3) is 0 Å². The Hall–Kier alpha value is -2.62. The molecule has 0 atom stereocenters. The van der Waals surface area contributed by atoms with Gasteiger partial charge in [-0.15, -0.1) is 0 Å². The summed E-state index contributed by atoms with van der Waals surface area (Å²) in [4.78, 5) is 27.1. The second-order valence-electron chi connectivity index (χ2n) is 6.29. The van der Waals surface area contributed by atoms with E-state index in [9.17, 15) is 27.9 Å². The summed E-state index contributed by atoms with van der Waals surface area (Å²) in [6.07, 6.45) is -4.33. The number of halogens is 3. The highest BCUT2D eigenvalue weighted by Crippen LogP contribution is 2.36. The van der Waals surface area contributed by atoms with Gasteiger partial charge in [-0.2, -0.15) is 18.3 Å². The van der Waals surface area contributed by atoms with E-state index in [-0.39, 0.29) is 49.6 Å². The lowest BCUT2D eigenvalue weighted by molar-refractivity contribution is -0.137. The monoisotopic (exact) mass is 370 g/mol. The smallest absolute Gasteiger partial charge is 0.385 e. The van der Waals surface area contributed by atoms with Crippen LogP contribution in [0.3, 0.4) is 0 Å². The molecule has 1 saturated heterocycles. The number of alkyl halides is 3. The Morgan fingerprint density at radius 1 is 1.31 bits per heavy atom. The first kappa shape index (κ1) is 18.2. The van der Waals surface area contributed by atoms with Crippen LogP contribution in [0, 0.1) is 0 Å². The van der Waals surface area contributed by atoms with Crippen molar-refractivity contribution in [3.05, 3.63) is 51.7 Å². The molecule has 7 nitrogen and oxygen atoms in total. The van der Waals surface area contributed by atoms with Crippen molar-refractivity contribution in [2.45, 2.75) is 31.0 Å². The minimum Gasteiger partial charge on any atom is -0.385 e. The van der Waals surface area contributed by atoms with E-state index < -0.39 is 23.0 Å². The summed E-state index contributed by atoms with van der Waals surface area (Å²) in [6.45, 7) is 0.389. The van der Waals surface area contributed by atoms with Gasteiger partial charge in [0.2, 0.25) is 5.91 Å². The van der Waals surface area contributed by atoms with Gasteiger partial charge in [0.05, 0.1) is 17.6 Å². The number of aromatic amines is 2. The zero-order valence-electron chi connectivity index (χ0n) is 13.6. The Balaban J connectivity index is 1.67. The van der Waals surface area contributed by atoms with Crippen LogP contribution >= 0.6 is 0 Å². The molecule has 3 rings (SSSR count). The van der Waals surface area contributed by atoms with E-state index in [1.165, 1.54) is 17.0 Å². The first-order chi connectivity index (χ1) is 12.2. The van der Waals surface area contributed by atoms with Crippen LogP contribution in [-0.4, -0.2) is 44.2 Å². The topological polar surface area (TPSA) is 102 Å². The third-order valence-corrected chi connectivity index (χ3v) is 4.54. The highest BCUT2D eigenvalue weighted by Gasteiger charge is 2.38. The second-order valence-corrected chi connectivity index (χ2v) is 6.29. The number of piperidine rings is 1. The SMILES string of the molecule is O=C(Cc1n[nH]c(=O)[nH]1)N1CCC(O)(c2cccc(C(F)(F)F)c2)CC1. The van der Waals surface area contributed by atoms with Crippen LogP contribution in [0.5, 0.6) is 0 Å². The van der Waals surface area contributed by atoms with E-state index in [0.29, 0.717) is 0 Å². The summed E-state index contributed by atoms with van der Waals surface area (Å²) in [5, 5.41) is 16.6. The van der Waals surface area contributed by atoms with Crippen LogP contribution in [0.15, 0.2) is 29.1 Å². The normalized spacial score (nSPS) is 17.3. The van der Waals surface area contributed by atoms with Crippen molar-refractivity contribution in [3.8, 4) is 0 Å². The molecule has 1 aromatic carbocycles. The predicted octanol–water partition coefficient (Wildman–Crippen LogP) is 1.17. The molecule has 0 radical (unpaired) electrons. The fourth-order valence-electron chi connectivity index (χ4n) is 3.04. The van der Waals surface area contributed by atoms with Crippen molar-refractivity contribution in [1.29, 1.82) is 0 Å². The van der Waals surface area contributed by atoms with Crippen LogP contribution in [0.4, 0.5) is 13.2 Å². The summed E-state index contributed by atoms with van der Waals surface area (Å²) in [7, 11) is 0. The Labute approximate surface area is 145 Å². The molecule has 1 aromatic heterocycles. The lowest BCUT2D eigenvalue weighted by atomic mass is 9.83. The fraction of sp³-hybridized carbons (Fsp3) is 0.438. The number of benzene rings is 1. The number of amides is 1. The van der Waals surface area contributed by atoms with Gasteiger partial charge in [-0.1, -0.05) is 12.1 Å². The lowest BCUT2D eigenvalue weighted by Gasteiger charge is -2.38. The molecule has 26 heavy (non-hydrogen) atoms. The first-order valence-corrected chi connectivity index (χ1v) is 7.99. The van der Waals surface area contributed by atoms with Crippen LogP contribution in [0.25, 0.3) is 0 Å². The number of likely N-dealkylation sites (tertiary alicyclic amines) is 1. The number of hydrogen-bond acceptors (Lipinski definition) is 4. The molecule has 2 heterocycles. The number of rotatable bonds is 3. The molecular weight excluding hydrogens is 353 g/mol. The van der Waals surface area contributed by atoms with E-state index in [0.717, 1.165) is 12.1 Å². The van der Waals surface area contributed by atoms with E-state index in [1.807, 2.05) is 0 Å². The van der Waals surface area contributed by atoms with Gasteiger partial charge in [-0.25, -0.2) is 9.89 Å². The largest absolute Gasteiger partial charge is 0.416 e. The maximum Gasteiger partial charge on any atom is 0.416 e. The van der Waals surface area contributed by atoms with Gasteiger partial charge < -0.3 is 10.0 Å². The van der Waals surface area contributed by atoms with Crippen LogP contribution in [0.2, 0.25) is 0 Å². The lowest BCUT2D eigenvalue weighted by Crippen LogP contribution is -2.45. The summed E-state index contributed by atoms with van der Waals surface area (Å²) >= 11 is 0. The molecule has 0 aliphatic carbocycles. The zero-order chi connectivity index (χ0) is 18.9. The number of hydrogen-bond donors (Lipinski definition) is 3.